The highest BCUT2D eigenvalue weighted by Gasteiger charge is 2.80. The number of likely N-dealkylation sites (tertiary alicyclic amines) is 1. The van der Waals surface area contributed by atoms with Gasteiger partial charge in [-0.05, 0) is 64.3 Å². The molecular weight excluding hydrogens is 354 g/mol. The lowest BCUT2D eigenvalue weighted by Gasteiger charge is -2.73. The molecule has 2 spiro atoms. The number of carbonyl (C=O) groups excluding carboxylic acids is 1. The van der Waals surface area contributed by atoms with E-state index in [4.69, 9.17) is 14.2 Å². The van der Waals surface area contributed by atoms with E-state index in [0.29, 0.717) is 6.04 Å². The average Bonchev–Trinajstić information content (AvgIpc) is 3.07. The third kappa shape index (κ3) is 1.53. The maximum atomic E-state index is 12.8. The van der Waals surface area contributed by atoms with Gasteiger partial charge in [0.25, 0.3) is 0 Å². The predicted molar refractivity (Wildman–Crippen MR) is 104 cm³/mol. The molecule has 6 aliphatic rings. The Balaban J connectivity index is 1.69. The van der Waals surface area contributed by atoms with Gasteiger partial charge in [-0.25, -0.2) is 0 Å². The number of ketones is 1. The number of likely N-dealkylation sites (N-methyl/N-ethyl adjacent to an activating group) is 1. The van der Waals surface area contributed by atoms with Crippen LogP contribution in [0.25, 0.3) is 0 Å². The average molecular weight is 383 g/mol. The van der Waals surface area contributed by atoms with Crippen molar-refractivity contribution in [3.8, 4) is 11.5 Å². The van der Waals surface area contributed by atoms with E-state index in [1.165, 1.54) is 11.1 Å². The largest absolute Gasteiger partial charge is 0.493 e. The van der Waals surface area contributed by atoms with Crippen LogP contribution in [-0.4, -0.2) is 56.2 Å². The molecule has 4 bridgehead atoms. The highest BCUT2D eigenvalue weighted by molar-refractivity contribution is 5.81. The van der Waals surface area contributed by atoms with Crippen molar-refractivity contribution in [1.82, 2.24) is 4.90 Å². The molecule has 0 amide bonds. The summed E-state index contributed by atoms with van der Waals surface area (Å²) in [7, 11) is 5.77. The fraction of sp³-hybridized carbons (Fsp3) is 0.696. The number of fused-ring (bicyclic) bond motifs is 2. The van der Waals surface area contributed by atoms with Gasteiger partial charge in [0, 0.05) is 29.5 Å². The molecule has 3 saturated carbocycles. The summed E-state index contributed by atoms with van der Waals surface area (Å²) in [6, 6.07) is 4.75. The summed E-state index contributed by atoms with van der Waals surface area (Å²) in [6.07, 6.45) is 4.91. The van der Waals surface area contributed by atoms with E-state index in [2.05, 4.69) is 24.1 Å². The number of rotatable bonds is 3. The van der Waals surface area contributed by atoms with Gasteiger partial charge in [-0.3, -0.25) is 4.79 Å². The minimum atomic E-state index is -0.535. The molecule has 2 aliphatic heterocycles. The molecule has 7 rings (SSSR count). The molecule has 4 fully saturated rings. The molecule has 2 heterocycles. The van der Waals surface area contributed by atoms with Crippen LogP contribution in [0.5, 0.6) is 11.5 Å². The second kappa shape index (κ2) is 5.11. The van der Waals surface area contributed by atoms with E-state index in [0.717, 1.165) is 50.1 Å². The third-order valence-corrected chi connectivity index (χ3v) is 9.32. The second-order valence-corrected chi connectivity index (χ2v) is 9.73. The van der Waals surface area contributed by atoms with Crippen LogP contribution in [-0.2, 0) is 21.4 Å². The fourth-order valence-electron chi connectivity index (χ4n) is 8.30. The van der Waals surface area contributed by atoms with E-state index in [1.807, 2.05) is 0 Å². The number of hydrogen-bond donors (Lipinski definition) is 0. The molecule has 0 unspecified atom stereocenters. The van der Waals surface area contributed by atoms with Gasteiger partial charge in [-0.2, -0.15) is 0 Å². The number of Topliss-reactive ketones (excluding diaryl/α,β-unsaturated/α-hetero) is 1. The Kier molecular flexibility index (Phi) is 3.16. The summed E-state index contributed by atoms with van der Waals surface area (Å²) in [5.41, 5.74) is 2.25. The van der Waals surface area contributed by atoms with Crippen LogP contribution in [0.15, 0.2) is 12.1 Å². The van der Waals surface area contributed by atoms with Crippen molar-refractivity contribution in [2.75, 3.05) is 27.8 Å². The zero-order valence-electron chi connectivity index (χ0n) is 17.2. The number of nitrogens with zero attached hydrogens (tertiary/aromatic N) is 1. The summed E-state index contributed by atoms with van der Waals surface area (Å²) in [5.74, 6) is 1.89. The monoisotopic (exact) mass is 383 g/mol. The zero-order valence-corrected chi connectivity index (χ0v) is 17.2. The molecule has 1 saturated heterocycles. The van der Waals surface area contributed by atoms with Gasteiger partial charge in [0.15, 0.2) is 11.5 Å². The molecule has 6 atom stereocenters. The fourth-order valence-corrected chi connectivity index (χ4v) is 8.30. The van der Waals surface area contributed by atoms with E-state index in [-0.39, 0.29) is 28.6 Å². The Morgan fingerprint density at radius 1 is 1.25 bits per heavy atom. The standard InChI is InChI=1S/C23H29NO4/c1-13(25)15-12-21-7-8-23(15,27-4)20-22(21)9-10-24(2)17(21)11-14-5-6-16(26-3)19(28-20)18(14)22/h5-6,15,17,20H,7-12H2,1-4H3/t15-,17+,20+,21+,22-,23+/m0/s1. The molecule has 1 aromatic rings. The highest BCUT2D eigenvalue weighted by atomic mass is 16.6. The minimum Gasteiger partial charge on any atom is -0.493 e. The Hall–Kier alpha value is -1.59. The molecular formula is C23H29NO4. The quantitative estimate of drug-likeness (QED) is 0.803. The number of benzene rings is 1. The van der Waals surface area contributed by atoms with Gasteiger partial charge in [-0.1, -0.05) is 6.07 Å². The Labute approximate surface area is 166 Å². The van der Waals surface area contributed by atoms with Crippen molar-refractivity contribution in [3.63, 3.8) is 0 Å². The topological polar surface area (TPSA) is 48.0 Å². The molecule has 0 aromatic heterocycles. The van der Waals surface area contributed by atoms with Gasteiger partial charge < -0.3 is 19.1 Å². The second-order valence-electron chi connectivity index (χ2n) is 9.73. The molecule has 0 radical (unpaired) electrons. The SMILES string of the molecule is COc1ccc2c3c1O[C@H]1[C@@]4(OC)CC[C@@]5(C[C@H]4C(C)=O)[C@@H](C2)N(C)CC[C@]315. The van der Waals surface area contributed by atoms with Gasteiger partial charge in [0.05, 0.1) is 13.0 Å². The lowest BCUT2D eigenvalue weighted by atomic mass is 9.34. The molecule has 1 aromatic carbocycles. The van der Waals surface area contributed by atoms with Crippen LogP contribution < -0.4 is 9.47 Å². The van der Waals surface area contributed by atoms with Crippen LogP contribution in [0.3, 0.4) is 0 Å². The predicted octanol–water partition coefficient (Wildman–Crippen LogP) is 2.73. The van der Waals surface area contributed by atoms with Crippen LogP contribution >= 0.6 is 0 Å². The number of hydrogen-bond acceptors (Lipinski definition) is 5. The van der Waals surface area contributed by atoms with Crippen LogP contribution in [0.1, 0.15) is 43.7 Å². The maximum Gasteiger partial charge on any atom is 0.165 e. The molecule has 4 aliphatic carbocycles. The highest BCUT2D eigenvalue weighted by Crippen LogP contribution is 2.76. The first-order valence-electron chi connectivity index (χ1n) is 10.6. The summed E-state index contributed by atoms with van der Waals surface area (Å²) < 4.78 is 18.8. The van der Waals surface area contributed by atoms with Gasteiger partial charge in [0.2, 0.25) is 0 Å². The van der Waals surface area contributed by atoms with Crippen LogP contribution in [0.4, 0.5) is 0 Å². The van der Waals surface area contributed by atoms with Gasteiger partial charge in [0.1, 0.15) is 17.5 Å². The summed E-state index contributed by atoms with van der Waals surface area (Å²) in [4.78, 5) is 15.4. The van der Waals surface area contributed by atoms with E-state index < -0.39 is 5.60 Å². The Morgan fingerprint density at radius 2 is 2.07 bits per heavy atom. The van der Waals surface area contributed by atoms with Crippen molar-refractivity contribution in [3.05, 3.63) is 23.3 Å². The number of piperidine rings is 1. The van der Waals surface area contributed by atoms with Crippen LogP contribution in [0, 0.1) is 11.3 Å². The first-order valence-corrected chi connectivity index (χ1v) is 10.6. The van der Waals surface area contributed by atoms with E-state index in [9.17, 15) is 4.79 Å². The first kappa shape index (κ1) is 17.3. The van der Waals surface area contributed by atoms with E-state index >= 15 is 0 Å². The number of carbonyl (C=O) groups is 1. The number of methoxy groups -OCH3 is 2. The van der Waals surface area contributed by atoms with Crippen molar-refractivity contribution in [1.29, 1.82) is 0 Å². The third-order valence-electron chi connectivity index (χ3n) is 9.32. The molecule has 5 heteroatoms. The Bertz CT molecular complexity index is 899. The first-order chi connectivity index (χ1) is 13.4. The van der Waals surface area contributed by atoms with Gasteiger partial charge in [-0.15, -0.1) is 0 Å². The summed E-state index contributed by atoms with van der Waals surface area (Å²) in [6.45, 7) is 2.80. The molecule has 150 valence electrons. The Morgan fingerprint density at radius 3 is 2.79 bits per heavy atom. The number of ether oxygens (including phenoxy) is 3. The molecule has 5 nitrogen and oxygen atoms in total. The lowest BCUT2D eigenvalue weighted by molar-refractivity contribution is -0.270. The summed E-state index contributed by atoms with van der Waals surface area (Å²) in [5, 5.41) is 0. The van der Waals surface area contributed by atoms with Crippen LogP contribution in [0.2, 0.25) is 0 Å². The summed E-state index contributed by atoms with van der Waals surface area (Å²) >= 11 is 0. The smallest absolute Gasteiger partial charge is 0.165 e. The van der Waals surface area contributed by atoms with Crippen molar-refractivity contribution in [2.24, 2.45) is 11.3 Å². The normalized spacial score (nSPS) is 44.8. The van der Waals surface area contributed by atoms with Crippen molar-refractivity contribution in [2.45, 2.75) is 62.2 Å². The minimum absolute atomic E-state index is 0.0676. The molecule has 28 heavy (non-hydrogen) atoms. The zero-order chi connectivity index (χ0) is 19.5. The van der Waals surface area contributed by atoms with E-state index in [1.54, 1.807) is 21.1 Å². The van der Waals surface area contributed by atoms with Crippen molar-refractivity contribution < 1.29 is 19.0 Å². The molecule has 0 N–H and O–H groups in total. The van der Waals surface area contributed by atoms with Gasteiger partial charge >= 0.3 is 0 Å². The van der Waals surface area contributed by atoms with Crippen molar-refractivity contribution >= 4 is 5.78 Å². The maximum absolute atomic E-state index is 12.8. The lowest BCUT2D eigenvalue weighted by Crippen LogP contribution is -2.81.